The monoisotopic (exact) mass is 445 g/mol. The van der Waals surface area contributed by atoms with Crippen molar-refractivity contribution in [1.82, 2.24) is 9.80 Å². The van der Waals surface area contributed by atoms with Gasteiger partial charge in [0.05, 0.1) is 12.2 Å². The zero-order chi connectivity index (χ0) is 21.8. The van der Waals surface area contributed by atoms with Gasteiger partial charge in [0, 0.05) is 50.6 Å². The van der Waals surface area contributed by atoms with Gasteiger partial charge in [0.1, 0.15) is 18.2 Å². The van der Waals surface area contributed by atoms with Crippen LogP contribution in [0.5, 0.6) is 5.75 Å². The SMILES string of the molecule is O=C(CCC(=O)N1CCOc2ccccc21)N1CCN(Cc2ccc(F)cc2Cl)CC1. The molecule has 2 aliphatic heterocycles. The Hall–Kier alpha value is -2.64. The van der Waals surface area contributed by atoms with Crippen molar-refractivity contribution in [2.45, 2.75) is 19.4 Å². The number of carbonyl (C=O) groups is 2. The fraction of sp³-hybridized carbons (Fsp3) is 0.391. The van der Waals surface area contributed by atoms with Crippen LogP contribution in [-0.2, 0) is 16.1 Å². The minimum Gasteiger partial charge on any atom is -0.490 e. The predicted octanol–water partition coefficient (Wildman–Crippen LogP) is 3.33. The number of benzene rings is 2. The molecular formula is C23H25ClFN3O3. The first-order valence-corrected chi connectivity index (χ1v) is 10.9. The number of fused-ring (bicyclic) bond motifs is 1. The van der Waals surface area contributed by atoms with Crippen molar-refractivity contribution in [3.8, 4) is 5.75 Å². The van der Waals surface area contributed by atoms with E-state index < -0.39 is 0 Å². The van der Waals surface area contributed by atoms with E-state index in [0.717, 1.165) is 11.3 Å². The first kappa shape index (κ1) is 21.6. The van der Waals surface area contributed by atoms with E-state index in [2.05, 4.69) is 4.90 Å². The minimum absolute atomic E-state index is 0.00522. The zero-order valence-electron chi connectivity index (χ0n) is 17.2. The van der Waals surface area contributed by atoms with Crippen molar-refractivity contribution in [3.05, 3.63) is 58.9 Å². The van der Waals surface area contributed by atoms with Crippen LogP contribution in [0.2, 0.25) is 5.02 Å². The lowest BCUT2D eigenvalue weighted by Gasteiger charge is -2.35. The van der Waals surface area contributed by atoms with Gasteiger partial charge in [-0.2, -0.15) is 0 Å². The van der Waals surface area contributed by atoms with Gasteiger partial charge in [0.15, 0.2) is 0 Å². The summed E-state index contributed by atoms with van der Waals surface area (Å²) in [6, 6.07) is 11.9. The Balaban J connectivity index is 1.25. The van der Waals surface area contributed by atoms with Gasteiger partial charge in [-0.1, -0.05) is 29.8 Å². The van der Waals surface area contributed by atoms with Crippen LogP contribution in [0, 0.1) is 5.82 Å². The molecular weight excluding hydrogens is 421 g/mol. The number of nitrogens with zero attached hydrogens (tertiary/aromatic N) is 3. The number of piperazine rings is 1. The molecule has 0 saturated carbocycles. The molecule has 164 valence electrons. The van der Waals surface area contributed by atoms with Crippen molar-refractivity contribution in [3.63, 3.8) is 0 Å². The highest BCUT2D eigenvalue weighted by molar-refractivity contribution is 6.31. The topological polar surface area (TPSA) is 53.1 Å². The summed E-state index contributed by atoms with van der Waals surface area (Å²) in [5.41, 5.74) is 1.64. The molecule has 0 spiro atoms. The zero-order valence-corrected chi connectivity index (χ0v) is 18.0. The third kappa shape index (κ3) is 5.17. The van der Waals surface area contributed by atoms with Crippen LogP contribution in [0.15, 0.2) is 42.5 Å². The fourth-order valence-electron chi connectivity index (χ4n) is 3.98. The molecule has 2 aromatic carbocycles. The van der Waals surface area contributed by atoms with Gasteiger partial charge in [-0.25, -0.2) is 4.39 Å². The van der Waals surface area contributed by atoms with E-state index in [4.69, 9.17) is 16.3 Å². The third-order valence-electron chi connectivity index (χ3n) is 5.72. The lowest BCUT2D eigenvalue weighted by molar-refractivity contribution is -0.134. The predicted molar refractivity (Wildman–Crippen MR) is 117 cm³/mol. The molecule has 0 N–H and O–H groups in total. The highest BCUT2D eigenvalue weighted by atomic mass is 35.5. The molecule has 6 nitrogen and oxygen atoms in total. The van der Waals surface area contributed by atoms with Gasteiger partial charge < -0.3 is 14.5 Å². The van der Waals surface area contributed by atoms with Crippen LogP contribution < -0.4 is 9.64 Å². The lowest BCUT2D eigenvalue weighted by atomic mass is 10.1. The molecule has 2 heterocycles. The van der Waals surface area contributed by atoms with Gasteiger partial charge in [-0.3, -0.25) is 14.5 Å². The fourth-order valence-corrected chi connectivity index (χ4v) is 4.21. The molecule has 1 saturated heterocycles. The van der Waals surface area contributed by atoms with E-state index in [1.807, 2.05) is 29.2 Å². The summed E-state index contributed by atoms with van der Waals surface area (Å²) in [5.74, 6) is 0.285. The molecule has 4 rings (SSSR count). The minimum atomic E-state index is -0.348. The van der Waals surface area contributed by atoms with Crippen LogP contribution in [-0.4, -0.2) is 60.9 Å². The van der Waals surface area contributed by atoms with E-state index in [0.29, 0.717) is 56.6 Å². The Morgan fingerprint density at radius 3 is 2.48 bits per heavy atom. The Kier molecular flexibility index (Phi) is 6.73. The molecule has 0 atom stereocenters. The number of carbonyl (C=O) groups excluding carboxylic acids is 2. The van der Waals surface area contributed by atoms with E-state index in [9.17, 15) is 14.0 Å². The number of halogens is 2. The Labute approximate surface area is 186 Å². The largest absolute Gasteiger partial charge is 0.490 e. The number of para-hydroxylation sites is 2. The smallest absolute Gasteiger partial charge is 0.227 e. The van der Waals surface area contributed by atoms with Gasteiger partial charge in [-0.15, -0.1) is 0 Å². The number of anilines is 1. The van der Waals surface area contributed by atoms with Crippen LogP contribution in [0.4, 0.5) is 10.1 Å². The molecule has 0 unspecified atom stereocenters. The first-order valence-electron chi connectivity index (χ1n) is 10.5. The summed E-state index contributed by atoms with van der Waals surface area (Å²) in [4.78, 5) is 31.1. The number of hydrogen-bond acceptors (Lipinski definition) is 4. The summed E-state index contributed by atoms with van der Waals surface area (Å²) in [6.07, 6.45) is 0.376. The molecule has 0 aliphatic carbocycles. The van der Waals surface area contributed by atoms with Gasteiger partial charge in [-0.05, 0) is 29.8 Å². The van der Waals surface area contributed by atoms with Gasteiger partial charge in [0.2, 0.25) is 11.8 Å². The number of rotatable bonds is 5. The molecule has 0 radical (unpaired) electrons. The van der Waals surface area contributed by atoms with Crippen LogP contribution in [0.25, 0.3) is 0 Å². The van der Waals surface area contributed by atoms with Crippen molar-refractivity contribution in [2.24, 2.45) is 0 Å². The molecule has 2 amide bonds. The van der Waals surface area contributed by atoms with Crippen molar-refractivity contribution < 1.29 is 18.7 Å². The first-order chi connectivity index (χ1) is 15.0. The van der Waals surface area contributed by atoms with Crippen molar-refractivity contribution >= 4 is 29.1 Å². The summed E-state index contributed by atoms with van der Waals surface area (Å²) < 4.78 is 18.8. The Morgan fingerprint density at radius 1 is 0.968 bits per heavy atom. The van der Waals surface area contributed by atoms with Crippen LogP contribution in [0.1, 0.15) is 18.4 Å². The average molecular weight is 446 g/mol. The quantitative estimate of drug-likeness (QED) is 0.708. The number of hydrogen-bond donors (Lipinski definition) is 0. The van der Waals surface area contributed by atoms with Crippen LogP contribution >= 0.6 is 11.6 Å². The van der Waals surface area contributed by atoms with Crippen molar-refractivity contribution in [2.75, 3.05) is 44.2 Å². The molecule has 2 aliphatic rings. The highest BCUT2D eigenvalue weighted by Gasteiger charge is 2.26. The van der Waals surface area contributed by atoms with E-state index in [-0.39, 0.29) is 30.5 Å². The van der Waals surface area contributed by atoms with E-state index in [1.54, 1.807) is 11.0 Å². The number of ether oxygens (including phenoxy) is 1. The Morgan fingerprint density at radius 2 is 1.71 bits per heavy atom. The summed E-state index contributed by atoms with van der Waals surface area (Å²) in [5, 5.41) is 0.418. The van der Waals surface area contributed by atoms with Crippen molar-refractivity contribution in [1.29, 1.82) is 0 Å². The number of amides is 2. The lowest BCUT2D eigenvalue weighted by Crippen LogP contribution is -2.48. The molecule has 1 fully saturated rings. The summed E-state index contributed by atoms with van der Waals surface area (Å²) in [6.45, 7) is 4.20. The summed E-state index contributed by atoms with van der Waals surface area (Å²) in [7, 11) is 0. The molecule has 2 aromatic rings. The van der Waals surface area contributed by atoms with E-state index >= 15 is 0 Å². The molecule has 0 bridgehead atoms. The second-order valence-electron chi connectivity index (χ2n) is 7.75. The maximum atomic E-state index is 13.2. The molecule has 31 heavy (non-hydrogen) atoms. The highest BCUT2D eigenvalue weighted by Crippen LogP contribution is 2.31. The van der Waals surface area contributed by atoms with E-state index in [1.165, 1.54) is 12.1 Å². The maximum absolute atomic E-state index is 13.2. The van der Waals surface area contributed by atoms with Gasteiger partial charge >= 0.3 is 0 Å². The van der Waals surface area contributed by atoms with Crippen LogP contribution in [0.3, 0.4) is 0 Å². The standard InChI is InChI=1S/C23H25ClFN3O3/c24-19-15-18(25)6-5-17(19)16-26-9-11-27(12-10-26)22(29)7-8-23(30)28-13-14-31-21-4-2-1-3-20(21)28/h1-6,15H,7-14,16H2. The second-order valence-corrected chi connectivity index (χ2v) is 8.16. The third-order valence-corrected chi connectivity index (χ3v) is 6.07. The molecule has 8 heteroatoms. The molecule has 0 aromatic heterocycles. The normalized spacial score (nSPS) is 16.6. The van der Waals surface area contributed by atoms with Gasteiger partial charge in [0.25, 0.3) is 0 Å². The Bertz CT molecular complexity index is 963. The maximum Gasteiger partial charge on any atom is 0.227 e. The second kappa shape index (κ2) is 9.66. The summed E-state index contributed by atoms with van der Waals surface area (Å²) >= 11 is 6.12. The average Bonchev–Trinajstić information content (AvgIpc) is 2.79.